The van der Waals surface area contributed by atoms with Gasteiger partial charge in [0.15, 0.2) is 11.5 Å². The minimum Gasteiger partial charge on any atom is -0.355 e. The Labute approximate surface area is 183 Å². The van der Waals surface area contributed by atoms with Crippen molar-refractivity contribution in [2.75, 3.05) is 19.6 Å². The average Bonchev–Trinajstić information content (AvgIpc) is 3.42. The third-order valence-electron chi connectivity index (χ3n) is 5.17. The van der Waals surface area contributed by atoms with Crippen molar-refractivity contribution < 1.29 is 9.32 Å². The van der Waals surface area contributed by atoms with Crippen LogP contribution >= 0.6 is 27.5 Å². The molecule has 1 N–H and O–H groups in total. The lowest BCUT2D eigenvalue weighted by Gasteiger charge is -2.28. The second-order valence-electron chi connectivity index (χ2n) is 7.07. The minimum atomic E-state index is -0.256. The zero-order chi connectivity index (χ0) is 20.2. The summed E-state index contributed by atoms with van der Waals surface area (Å²) in [6.07, 6.45) is 2.32. The number of rotatable bonds is 6. The van der Waals surface area contributed by atoms with Crippen molar-refractivity contribution in [2.24, 2.45) is 0 Å². The standard InChI is InChI=1S/C22H21BrClN3O2/c23-16-9-7-15(8-10-16)21-13-19(26-29-21)22(28)25-14-20(27-11-3-4-12-27)17-5-1-2-6-18(17)24/h1-2,5-10,13,20H,3-4,11-12,14H2,(H,25,28)/t20-/m1/s1. The smallest absolute Gasteiger partial charge is 0.273 e. The van der Waals surface area contributed by atoms with Gasteiger partial charge in [-0.25, -0.2) is 0 Å². The molecule has 2 aromatic carbocycles. The molecule has 1 amide bonds. The predicted molar refractivity (Wildman–Crippen MR) is 117 cm³/mol. The van der Waals surface area contributed by atoms with E-state index in [1.165, 1.54) is 0 Å². The van der Waals surface area contributed by atoms with Crippen LogP contribution in [0.4, 0.5) is 0 Å². The van der Waals surface area contributed by atoms with Crippen molar-refractivity contribution in [3.05, 3.63) is 75.4 Å². The largest absolute Gasteiger partial charge is 0.355 e. The highest BCUT2D eigenvalue weighted by Crippen LogP contribution is 2.30. The molecule has 0 unspecified atom stereocenters. The SMILES string of the molecule is O=C(NC[C@H](c1ccccc1Cl)N1CCCC1)c1cc(-c2ccc(Br)cc2)on1. The number of nitrogens with zero attached hydrogens (tertiary/aromatic N) is 2. The lowest BCUT2D eigenvalue weighted by atomic mass is 10.1. The molecule has 0 bridgehead atoms. The molecule has 1 aliphatic heterocycles. The monoisotopic (exact) mass is 473 g/mol. The summed E-state index contributed by atoms with van der Waals surface area (Å²) in [5.41, 5.74) is 2.17. The van der Waals surface area contributed by atoms with Crippen molar-refractivity contribution >= 4 is 33.4 Å². The molecule has 0 radical (unpaired) electrons. The van der Waals surface area contributed by atoms with E-state index in [-0.39, 0.29) is 17.6 Å². The number of halogens is 2. The maximum Gasteiger partial charge on any atom is 0.273 e. The molecule has 29 heavy (non-hydrogen) atoms. The van der Waals surface area contributed by atoms with Gasteiger partial charge >= 0.3 is 0 Å². The van der Waals surface area contributed by atoms with Gasteiger partial charge in [0.25, 0.3) is 5.91 Å². The highest BCUT2D eigenvalue weighted by Gasteiger charge is 2.26. The van der Waals surface area contributed by atoms with Gasteiger partial charge in [0, 0.05) is 27.7 Å². The first-order valence-corrected chi connectivity index (χ1v) is 10.8. The van der Waals surface area contributed by atoms with Crippen molar-refractivity contribution in [1.29, 1.82) is 0 Å². The molecule has 0 saturated carbocycles. The van der Waals surface area contributed by atoms with E-state index in [0.717, 1.165) is 46.6 Å². The molecule has 1 aliphatic rings. The van der Waals surface area contributed by atoms with Crippen molar-refractivity contribution in [3.8, 4) is 11.3 Å². The van der Waals surface area contributed by atoms with Crippen LogP contribution in [0.3, 0.4) is 0 Å². The number of carbonyl (C=O) groups excluding carboxylic acids is 1. The first-order valence-electron chi connectivity index (χ1n) is 9.61. The molecule has 7 heteroatoms. The van der Waals surface area contributed by atoms with Gasteiger partial charge in [-0.1, -0.05) is 63.0 Å². The number of nitrogens with one attached hydrogen (secondary N) is 1. The molecular formula is C22H21BrClN3O2. The Balaban J connectivity index is 1.47. The Kier molecular flexibility index (Phi) is 6.33. The Morgan fingerprint density at radius 1 is 1.17 bits per heavy atom. The first kappa shape index (κ1) is 20.1. The summed E-state index contributed by atoms with van der Waals surface area (Å²) < 4.78 is 6.34. The number of amides is 1. The van der Waals surface area contributed by atoms with Gasteiger partial charge in [-0.05, 0) is 49.7 Å². The van der Waals surface area contributed by atoms with E-state index in [4.69, 9.17) is 16.1 Å². The summed E-state index contributed by atoms with van der Waals surface area (Å²) in [6, 6.07) is 17.2. The number of hydrogen-bond acceptors (Lipinski definition) is 4. The number of benzene rings is 2. The Morgan fingerprint density at radius 2 is 1.90 bits per heavy atom. The highest BCUT2D eigenvalue weighted by atomic mass is 79.9. The lowest BCUT2D eigenvalue weighted by Crippen LogP contribution is -2.37. The van der Waals surface area contributed by atoms with Crippen LogP contribution in [0.1, 0.15) is 34.9 Å². The Bertz CT molecular complexity index is 984. The van der Waals surface area contributed by atoms with Gasteiger partial charge in [-0.15, -0.1) is 0 Å². The molecule has 1 atom stereocenters. The van der Waals surface area contributed by atoms with Crippen LogP contribution < -0.4 is 5.32 Å². The van der Waals surface area contributed by atoms with E-state index in [2.05, 4.69) is 31.3 Å². The summed E-state index contributed by atoms with van der Waals surface area (Å²) in [5.74, 6) is 0.304. The molecule has 5 nitrogen and oxygen atoms in total. The van der Waals surface area contributed by atoms with Gasteiger partial charge in [0.2, 0.25) is 0 Å². The molecule has 3 aromatic rings. The van der Waals surface area contributed by atoms with Crippen LogP contribution in [0.2, 0.25) is 5.02 Å². The van der Waals surface area contributed by atoms with E-state index in [0.29, 0.717) is 12.3 Å². The van der Waals surface area contributed by atoms with Gasteiger partial charge in [-0.3, -0.25) is 9.69 Å². The molecule has 150 valence electrons. The zero-order valence-electron chi connectivity index (χ0n) is 15.8. The van der Waals surface area contributed by atoms with Crippen LogP contribution in [0.5, 0.6) is 0 Å². The fraction of sp³-hybridized carbons (Fsp3) is 0.273. The number of aromatic nitrogens is 1. The van der Waals surface area contributed by atoms with Crippen molar-refractivity contribution in [1.82, 2.24) is 15.4 Å². The summed E-state index contributed by atoms with van der Waals surface area (Å²) in [6.45, 7) is 2.47. The quantitative estimate of drug-likeness (QED) is 0.525. The second-order valence-corrected chi connectivity index (χ2v) is 8.40. The van der Waals surface area contributed by atoms with Gasteiger partial charge in [-0.2, -0.15) is 0 Å². The Morgan fingerprint density at radius 3 is 2.62 bits per heavy atom. The van der Waals surface area contributed by atoms with E-state index >= 15 is 0 Å². The molecule has 1 aromatic heterocycles. The summed E-state index contributed by atoms with van der Waals surface area (Å²) in [7, 11) is 0. The van der Waals surface area contributed by atoms with E-state index in [1.54, 1.807) is 6.07 Å². The molecule has 0 aliphatic carbocycles. The van der Waals surface area contributed by atoms with Crippen LogP contribution in [-0.2, 0) is 0 Å². The fourth-order valence-corrected chi connectivity index (χ4v) is 4.17. The number of hydrogen-bond donors (Lipinski definition) is 1. The average molecular weight is 475 g/mol. The lowest BCUT2D eigenvalue weighted by molar-refractivity contribution is 0.0929. The van der Waals surface area contributed by atoms with Crippen LogP contribution in [-0.4, -0.2) is 35.6 Å². The van der Waals surface area contributed by atoms with Crippen molar-refractivity contribution in [3.63, 3.8) is 0 Å². The van der Waals surface area contributed by atoms with Crippen LogP contribution in [0.15, 0.2) is 63.6 Å². The summed E-state index contributed by atoms with van der Waals surface area (Å²) >= 11 is 9.85. The first-order chi connectivity index (χ1) is 14.1. The Hall–Kier alpha value is -2.15. The van der Waals surface area contributed by atoms with E-state index in [1.807, 2.05) is 48.5 Å². The van der Waals surface area contributed by atoms with E-state index in [9.17, 15) is 4.79 Å². The van der Waals surface area contributed by atoms with Crippen molar-refractivity contribution in [2.45, 2.75) is 18.9 Å². The molecule has 1 fully saturated rings. The number of carbonyl (C=O) groups is 1. The third-order valence-corrected chi connectivity index (χ3v) is 6.05. The molecular weight excluding hydrogens is 454 g/mol. The van der Waals surface area contributed by atoms with Crippen LogP contribution in [0, 0.1) is 0 Å². The zero-order valence-corrected chi connectivity index (χ0v) is 18.1. The topological polar surface area (TPSA) is 58.4 Å². The normalized spacial score (nSPS) is 15.4. The van der Waals surface area contributed by atoms with Gasteiger partial charge in [0.1, 0.15) is 0 Å². The van der Waals surface area contributed by atoms with Crippen LogP contribution in [0.25, 0.3) is 11.3 Å². The highest BCUT2D eigenvalue weighted by molar-refractivity contribution is 9.10. The summed E-state index contributed by atoms with van der Waals surface area (Å²) in [4.78, 5) is 15.1. The molecule has 4 rings (SSSR count). The third kappa shape index (κ3) is 4.71. The maximum atomic E-state index is 12.7. The van der Waals surface area contributed by atoms with E-state index < -0.39 is 0 Å². The van der Waals surface area contributed by atoms with Gasteiger partial charge < -0.3 is 9.84 Å². The summed E-state index contributed by atoms with van der Waals surface area (Å²) in [5, 5.41) is 7.67. The fourth-order valence-electron chi connectivity index (χ4n) is 3.65. The maximum absolute atomic E-state index is 12.7. The molecule has 0 spiro atoms. The number of likely N-dealkylation sites (tertiary alicyclic amines) is 1. The second kappa shape index (κ2) is 9.11. The van der Waals surface area contributed by atoms with Gasteiger partial charge in [0.05, 0.1) is 6.04 Å². The molecule has 1 saturated heterocycles. The molecule has 2 heterocycles. The minimum absolute atomic E-state index is 0.0352. The predicted octanol–water partition coefficient (Wildman–Crippen LogP) is 5.32.